The molecule has 0 aromatic heterocycles. The number of likely N-dealkylation sites (tertiary alicyclic amines) is 2. The summed E-state index contributed by atoms with van der Waals surface area (Å²) in [7, 11) is 0.702. The van der Waals surface area contributed by atoms with Gasteiger partial charge in [0.1, 0.15) is 30.2 Å². The number of imide groups is 1. The number of likely N-dealkylation sites (N-methyl/N-ethyl adjacent to an activating group) is 1. The van der Waals surface area contributed by atoms with Gasteiger partial charge >= 0.3 is 6.09 Å². The van der Waals surface area contributed by atoms with Crippen LogP contribution in [-0.4, -0.2) is 104 Å². The number of alkyl carbamates (subject to hydrolysis) is 1. The highest BCUT2D eigenvalue weighted by Crippen LogP contribution is 2.32. The molecule has 0 radical (unpaired) electrons. The van der Waals surface area contributed by atoms with Gasteiger partial charge < -0.3 is 29.3 Å². The van der Waals surface area contributed by atoms with E-state index in [9.17, 15) is 19.2 Å². The number of nitrogens with one attached hydrogen (secondary N) is 1. The lowest BCUT2D eigenvalue weighted by Gasteiger charge is -2.37. The topological polar surface area (TPSA) is 118 Å². The third-order valence-electron chi connectivity index (χ3n) is 7.74. The van der Waals surface area contributed by atoms with E-state index in [1.54, 1.807) is 17.0 Å². The van der Waals surface area contributed by atoms with Crippen LogP contribution in [0.2, 0.25) is 25.7 Å². The molecular formula is C30H46N4O7Si. The molecule has 1 aromatic carbocycles. The van der Waals surface area contributed by atoms with Gasteiger partial charge in [-0.2, -0.15) is 0 Å². The molecule has 4 rings (SSSR count). The number of piperidine rings is 2. The average molecular weight is 603 g/mol. The molecule has 0 saturated carbocycles. The lowest BCUT2D eigenvalue weighted by atomic mass is 10.0. The molecule has 3 aliphatic heterocycles. The Bertz CT molecular complexity index is 1200. The first-order valence-corrected chi connectivity index (χ1v) is 18.5. The second-order valence-electron chi connectivity index (χ2n) is 13.8. The van der Waals surface area contributed by atoms with Crippen molar-refractivity contribution in [3.8, 4) is 5.75 Å². The Balaban J connectivity index is 1.41. The van der Waals surface area contributed by atoms with Gasteiger partial charge in [0.2, 0.25) is 5.91 Å². The molecule has 0 spiro atoms. The first kappa shape index (κ1) is 32.0. The van der Waals surface area contributed by atoms with E-state index >= 15 is 0 Å². The van der Waals surface area contributed by atoms with E-state index in [-0.39, 0.29) is 43.7 Å². The van der Waals surface area contributed by atoms with Crippen LogP contribution in [0.3, 0.4) is 0 Å². The number of carbonyl (C=O) groups is 4. The molecule has 3 unspecified atom stereocenters. The second kappa shape index (κ2) is 12.7. The molecule has 1 aromatic rings. The maximum Gasteiger partial charge on any atom is 0.408 e. The zero-order valence-electron chi connectivity index (χ0n) is 26.0. The van der Waals surface area contributed by atoms with Crippen LogP contribution in [0.15, 0.2) is 18.2 Å². The summed E-state index contributed by atoms with van der Waals surface area (Å²) in [6, 6.07) is 5.30. The summed E-state index contributed by atoms with van der Waals surface area (Å²) in [5.74, 6) is -0.303. The SMILES string of the molecule is CN1CCC(NC(=O)OC(C)(C)C)C(Oc2ccc3c(c2)CN(C2CCC(=O)N(COCC[Si](C)(C)C)C2=O)C3=O)C1. The Morgan fingerprint density at radius 3 is 2.55 bits per heavy atom. The van der Waals surface area contributed by atoms with Crippen LogP contribution in [0.1, 0.15) is 56.0 Å². The number of carbonyl (C=O) groups excluding carboxylic acids is 4. The van der Waals surface area contributed by atoms with E-state index in [2.05, 4.69) is 29.9 Å². The van der Waals surface area contributed by atoms with E-state index in [1.165, 1.54) is 0 Å². The summed E-state index contributed by atoms with van der Waals surface area (Å²) in [5, 5.41) is 2.96. The van der Waals surface area contributed by atoms with Crippen molar-refractivity contribution in [2.75, 3.05) is 33.5 Å². The van der Waals surface area contributed by atoms with Crippen molar-refractivity contribution in [1.82, 2.24) is 20.0 Å². The Hall–Kier alpha value is -2.96. The summed E-state index contributed by atoms with van der Waals surface area (Å²) in [6.07, 6.45) is 0.385. The van der Waals surface area contributed by atoms with Crippen LogP contribution < -0.4 is 10.1 Å². The van der Waals surface area contributed by atoms with E-state index < -0.39 is 31.7 Å². The average Bonchev–Trinajstić information content (AvgIpc) is 3.18. The minimum Gasteiger partial charge on any atom is -0.487 e. The third kappa shape index (κ3) is 8.10. The van der Waals surface area contributed by atoms with Crippen LogP contribution in [0.5, 0.6) is 5.75 Å². The lowest BCUT2D eigenvalue weighted by molar-refractivity contribution is -0.158. The largest absolute Gasteiger partial charge is 0.487 e. The predicted octanol–water partition coefficient (Wildman–Crippen LogP) is 3.45. The Kier molecular flexibility index (Phi) is 9.68. The summed E-state index contributed by atoms with van der Waals surface area (Å²) in [5.41, 5.74) is 0.685. The summed E-state index contributed by atoms with van der Waals surface area (Å²) in [6.45, 7) is 14.3. The summed E-state index contributed by atoms with van der Waals surface area (Å²) >= 11 is 0. The third-order valence-corrected chi connectivity index (χ3v) is 9.44. The first-order valence-electron chi connectivity index (χ1n) is 14.8. The molecule has 0 aliphatic carbocycles. The van der Waals surface area contributed by atoms with E-state index in [0.717, 1.165) is 23.1 Å². The van der Waals surface area contributed by atoms with Crippen LogP contribution in [0, 0.1) is 0 Å². The molecule has 1 N–H and O–H groups in total. The number of benzene rings is 1. The molecule has 3 heterocycles. The first-order chi connectivity index (χ1) is 19.6. The predicted molar refractivity (Wildman–Crippen MR) is 160 cm³/mol. The molecule has 0 bridgehead atoms. The van der Waals surface area contributed by atoms with Crippen LogP contribution in [0.25, 0.3) is 0 Å². The van der Waals surface area contributed by atoms with Gasteiger partial charge in [0, 0.05) is 46.3 Å². The smallest absolute Gasteiger partial charge is 0.408 e. The minimum atomic E-state index is -1.30. The maximum atomic E-state index is 13.4. The highest BCUT2D eigenvalue weighted by molar-refractivity contribution is 6.76. The second-order valence-corrected chi connectivity index (χ2v) is 19.4. The number of hydrogen-bond donors (Lipinski definition) is 1. The monoisotopic (exact) mass is 602 g/mol. The zero-order chi connectivity index (χ0) is 30.8. The van der Waals surface area contributed by atoms with Gasteiger partial charge in [-0.15, -0.1) is 0 Å². The molecule has 12 heteroatoms. The van der Waals surface area contributed by atoms with Gasteiger partial charge in [0.25, 0.3) is 11.8 Å². The molecular weight excluding hydrogens is 556 g/mol. The van der Waals surface area contributed by atoms with Crippen LogP contribution >= 0.6 is 0 Å². The van der Waals surface area contributed by atoms with Crippen molar-refractivity contribution < 1.29 is 33.4 Å². The number of amides is 4. The molecule has 42 heavy (non-hydrogen) atoms. The maximum absolute atomic E-state index is 13.4. The quantitative estimate of drug-likeness (QED) is 0.260. The molecule has 4 amide bonds. The van der Waals surface area contributed by atoms with E-state index in [4.69, 9.17) is 14.2 Å². The normalized spacial score (nSPS) is 23.7. The Labute approximate surface area is 249 Å². The highest BCUT2D eigenvalue weighted by atomic mass is 28.3. The number of hydrogen-bond acceptors (Lipinski definition) is 8. The van der Waals surface area contributed by atoms with Gasteiger partial charge in [-0.05, 0) is 70.5 Å². The zero-order valence-corrected chi connectivity index (χ0v) is 27.0. The molecule has 2 fully saturated rings. The number of ether oxygens (including phenoxy) is 3. The standard InChI is InChI=1S/C30H46N4O7Si/c1-30(2,3)41-29(38)31-23-12-13-32(4)18-25(23)40-21-8-9-22-20(16-21)17-33(27(22)36)24-10-11-26(35)34(28(24)37)19-39-14-15-42(5,6)7/h8-9,16,23-25H,10-15,17-19H2,1-7H3,(H,31,38). The van der Waals surface area contributed by atoms with Crippen molar-refractivity contribution in [2.24, 2.45) is 0 Å². The number of fused-ring (bicyclic) bond motifs is 1. The molecule has 232 valence electrons. The van der Waals surface area contributed by atoms with Crippen LogP contribution in [0.4, 0.5) is 4.79 Å². The number of rotatable bonds is 9. The molecule has 3 aliphatic rings. The van der Waals surface area contributed by atoms with Crippen molar-refractivity contribution >= 4 is 31.9 Å². The lowest BCUT2D eigenvalue weighted by Crippen LogP contribution is -2.56. The molecule has 11 nitrogen and oxygen atoms in total. The minimum absolute atomic E-state index is 0.0834. The summed E-state index contributed by atoms with van der Waals surface area (Å²) in [4.78, 5) is 56.6. The molecule has 2 saturated heterocycles. The van der Waals surface area contributed by atoms with E-state index in [1.807, 2.05) is 33.9 Å². The van der Waals surface area contributed by atoms with Crippen molar-refractivity contribution in [2.45, 2.75) is 96.1 Å². The Morgan fingerprint density at radius 1 is 1.12 bits per heavy atom. The van der Waals surface area contributed by atoms with Gasteiger partial charge in [0.05, 0.1) is 6.04 Å². The van der Waals surface area contributed by atoms with Crippen molar-refractivity contribution in [1.29, 1.82) is 0 Å². The van der Waals surface area contributed by atoms with Gasteiger partial charge in [0.15, 0.2) is 0 Å². The van der Waals surface area contributed by atoms with Gasteiger partial charge in [-0.3, -0.25) is 19.3 Å². The Morgan fingerprint density at radius 2 is 1.86 bits per heavy atom. The van der Waals surface area contributed by atoms with Gasteiger partial charge in [-0.1, -0.05) is 19.6 Å². The van der Waals surface area contributed by atoms with Crippen molar-refractivity contribution in [3.63, 3.8) is 0 Å². The van der Waals surface area contributed by atoms with Crippen LogP contribution in [-0.2, 0) is 25.6 Å². The van der Waals surface area contributed by atoms with E-state index in [0.29, 0.717) is 37.3 Å². The number of nitrogens with zero attached hydrogens (tertiary/aromatic N) is 3. The fourth-order valence-electron chi connectivity index (χ4n) is 5.41. The van der Waals surface area contributed by atoms with Crippen molar-refractivity contribution in [3.05, 3.63) is 29.3 Å². The highest BCUT2D eigenvalue weighted by Gasteiger charge is 2.43. The fraction of sp³-hybridized carbons (Fsp3) is 0.667. The summed E-state index contributed by atoms with van der Waals surface area (Å²) < 4.78 is 17.5. The fourth-order valence-corrected chi connectivity index (χ4v) is 6.17. The molecule has 3 atom stereocenters. The van der Waals surface area contributed by atoms with Gasteiger partial charge in [-0.25, -0.2) is 4.79 Å².